The molecule has 36 heavy (non-hydrogen) atoms. The van der Waals surface area contributed by atoms with E-state index >= 15 is 0 Å². The Morgan fingerprint density at radius 3 is 2.47 bits per heavy atom. The molecule has 2 aromatic carbocycles. The van der Waals surface area contributed by atoms with E-state index in [2.05, 4.69) is 4.99 Å². The number of hydrogen-bond acceptors (Lipinski definition) is 8. The van der Waals surface area contributed by atoms with E-state index in [9.17, 15) is 26.4 Å². The van der Waals surface area contributed by atoms with Crippen LogP contribution in [0.3, 0.4) is 0 Å². The van der Waals surface area contributed by atoms with Gasteiger partial charge in [0, 0.05) is 18.6 Å². The number of ether oxygens (including phenoxy) is 2. The average molecular weight is 530 g/mol. The topological polar surface area (TPSA) is 126 Å². The number of nitrogens with zero attached hydrogens (tertiary/aromatic N) is 1. The Labute approximate surface area is 206 Å². The van der Waals surface area contributed by atoms with Crippen molar-refractivity contribution in [2.24, 2.45) is 4.99 Å². The van der Waals surface area contributed by atoms with Crippen molar-refractivity contribution in [1.82, 2.24) is 10.9 Å². The molecule has 0 bridgehead atoms. The van der Waals surface area contributed by atoms with Gasteiger partial charge in [-0.2, -0.15) is 13.2 Å². The number of nitrogens with one attached hydrogen (secondary N) is 2. The Hall–Kier alpha value is -3.16. The second-order valence-corrected chi connectivity index (χ2v) is 10.1. The highest BCUT2D eigenvalue weighted by Crippen LogP contribution is 2.28. The quantitative estimate of drug-likeness (QED) is 0.284. The van der Waals surface area contributed by atoms with E-state index in [4.69, 9.17) is 14.6 Å². The Bertz CT molecular complexity index is 1160. The molecule has 1 aliphatic rings. The number of hydrazine groups is 1. The Kier molecular flexibility index (Phi) is 8.93. The number of aliphatic hydroxyl groups excluding tert-OH is 1. The zero-order valence-electron chi connectivity index (χ0n) is 19.1. The summed E-state index contributed by atoms with van der Waals surface area (Å²) < 4.78 is 74.2. The van der Waals surface area contributed by atoms with Crippen LogP contribution in [0.4, 0.5) is 13.2 Å². The van der Waals surface area contributed by atoms with E-state index in [0.717, 1.165) is 0 Å². The van der Waals surface area contributed by atoms with Crippen LogP contribution >= 0.6 is 0 Å². The summed E-state index contributed by atoms with van der Waals surface area (Å²) in [6, 6.07) is 14.1. The number of rotatable bonds is 12. The Morgan fingerprint density at radius 1 is 1.14 bits per heavy atom. The molecule has 196 valence electrons. The minimum Gasteiger partial charge on any atom is -0.494 e. The van der Waals surface area contributed by atoms with Crippen LogP contribution in [0.5, 0.6) is 5.75 Å². The van der Waals surface area contributed by atoms with Gasteiger partial charge >= 0.3 is 6.18 Å². The van der Waals surface area contributed by atoms with Crippen molar-refractivity contribution in [3.05, 3.63) is 60.2 Å². The minimum atomic E-state index is -4.57. The third-order valence-corrected chi connectivity index (χ3v) is 6.97. The molecule has 1 aliphatic heterocycles. The standard InChI is InChI=1S/C23H26F3N3O6S/c24-23(25,26)15-27-29-21(31)22(11-14-36(32,33)19-5-2-1-3-6-19)16-35-20(28-22)17-7-9-18(10-8-17)34-13-4-12-30/h1-3,5-10,27,30H,4,11-16H2,(H,29,31)/t22-/m0/s1. The van der Waals surface area contributed by atoms with Gasteiger partial charge in [-0.3, -0.25) is 10.2 Å². The van der Waals surface area contributed by atoms with Gasteiger partial charge < -0.3 is 14.6 Å². The summed E-state index contributed by atoms with van der Waals surface area (Å²) in [6.45, 7) is -1.53. The molecule has 3 rings (SSSR count). The van der Waals surface area contributed by atoms with Gasteiger partial charge in [-0.1, -0.05) is 18.2 Å². The highest BCUT2D eigenvalue weighted by Gasteiger charge is 2.45. The first-order valence-corrected chi connectivity index (χ1v) is 12.6. The van der Waals surface area contributed by atoms with Crippen molar-refractivity contribution < 1.29 is 41.0 Å². The third kappa shape index (κ3) is 7.42. The van der Waals surface area contributed by atoms with Crippen LogP contribution in [0.1, 0.15) is 18.4 Å². The third-order valence-electron chi connectivity index (χ3n) is 5.24. The van der Waals surface area contributed by atoms with Gasteiger partial charge in [0.05, 0.1) is 17.3 Å². The predicted octanol–water partition coefficient (Wildman–Crippen LogP) is 2.01. The number of sulfone groups is 1. The van der Waals surface area contributed by atoms with Gasteiger partial charge in [0.25, 0.3) is 5.91 Å². The van der Waals surface area contributed by atoms with E-state index in [1.807, 2.05) is 10.9 Å². The lowest BCUT2D eigenvalue weighted by Crippen LogP contribution is -2.54. The molecular weight excluding hydrogens is 503 g/mol. The maximum Gasteiger partial charge on any atom is 0.402 e. The highest BCUT2D eigenvalue weighted by molar-refractivity contribution is 7.91. The molecule has 0 radical (unpaired) electrons. The van der Waals surface area contributed by atoms with Crippen LogP contribution in [-0.2, 0) is 19.4 Å². The highest BCUT2D eigenvalue weighted by atomic mass is 32.2. The maximum atomic E-state index is 12.9. The lowest BCUT2D eigenvalue weighted by atomic mass is 9.98. The average Bonchev–Trinajstić information content (AvgIpc) is 3.29. The van der Waals surface area contributed by atoms with Gasteiger partial charge in [-0.05, 0) is 42.8 Å². The fourth-order valence-electron chi connectivity index (χ4n) is 3.29. The SMILES string of the molecule is O=C(NNCC(F)(F)F)[C@]1(CCS(=O)(=O)c2ccccc2)COC(c2ccc(OCCCO)cc2)=N1. The number of alkyl halides is 3. The van der Waals surface area contributed by atoms with Crippen molar-refractivity contribution in [3.8, 4) is 5.75 Å². The largest absolute Gasteiger partial charge is 0.494 e. The lowest BCUT2D eigenvalue weighted by molar-refractivity contribution is -0.135. The number of carbonyl (C=O) groups excluding carboxylic acids is 1. The van der Waals surface area contributed by atoms with E-state index in [0.29, 0.717) is 24.3 Å². The summed E-state index contributed by atoms with van der Waals surface area (Å²) in [6.07, 6.45) is -4.43. The summed E-state index contributed by atoms with van der Waals surface area (Å²) in [4.78, 5) is 17.3. The van der Waals surface area contributed by atoms with Gasteiger partial charge in [0.1, 0.15) is 18.9 Å². The van der Waals surface area contributed by atoms with Crippen molar-refractivity contribution in [3.63, 3.8) is 0 Å². The number of halogens is 3. The number of amides is 1. The summed E-state index contributed by atoms with van der Waals surface area (Å²) in [5.74, 6) is -0.865. The molecule has 13 heteroatoms. The minimum absolute atomic E-state index is 0.00923. The van der Waals surface area contributed by atoms with Crippen LogP contribution in [0.25, 0.3) is 0 Å². The predicted molar refractivity (Wildman–Crippen MR) is 124 cm³/mol. The monoisotopic (exact) mass is 529 g/mol. The van der Waals surface area contributed by atoms with Crippen LogP contribution in [0.2, 0.25) is 0 Å². The molecule has 1 atom stereocenters. The maximum absolute atomic E-state index is 12.9. The first-order valence-electron chi connectivity index (χ1n) is 11.0. The molecule has 0 aliphatic carbocycles. The Balaban J connectivity index is 1.80. The van der Waals surface area contributed by atoms with E-state index in [-0.39, 0.29) is 30.4 Å². The van der Waals surface area contributed by atoms with E-state index in [1.54, 1.807) is 42.5 Å². The molecule has 2 aromatic rings. The number of hydrogen-bond donors (Lipinski definition) is 3. The van der Waals surface area contributed by atoms with E-state index < -0.39 is 39.8 Å². The molecule has 1 amide bonds. The second kappa shape index (κ2) is 11.7. The molecule has 0 saturated heterocycles. The fraction of sp³-hybridized carbons (Fsp3) is 0.391. The molecule has 0 spiro atoms. The van der Waals surface area contributed by atoms with Gasteiger partial charge in [-0.15, -0.1) is 0 Å². The van der Waals surface area contributed by atoms with Crippen LogP contribution in [0.15, 0.2) is 64.5 Å². The van der Waals surface area contributed by atoms with Crippen molar-refractivity contribution in [2.45, 2.75) is 29.5 Å². The normalized spacial score (nSPS) is 17.8. The number of aliphatic imine (C=N–C) groups is 1. The fourth-order valence-corrected chi connectivity index (χ4v) is 4.70. The van der Waals surface area contributed by atoms with Crippen LogP contribution in [-0.4, -0.2) is 69.2 Å². The van der Waals surface area contributed by atoms with Crippen molar-refractivity contribution in [1.29, 1.82) is 0 Å². The van der Waals surface area contributed by atoms with Gasteiger partial charge in [-0.25, -0.2) is 18.8 Å². The summed E-state index contributed by atoms with van der Waals surface area (Å²) in [7, 11) is -3.80. The smallest absolute Gasteiger partial charge is 0.402 e. The number of aliphatic hydroxyl groups is 1. The first-order chi connectivity index (χ1) is 17.0. The zero-order valence-corrected chi connectivity index (χ0v) is 19.9. The molecule has 0 aromatic heterocycles. The molecule has 1 heterocycles. The van der Waals surface area contributed by atoms with Crippen LogP contribution in [0, 0.1) is 0 Å². The first kappa shape index (κ1) is 27.4. The zero-order chi connectivity index (χ0) is 26.2. The van der Waals surface area contributed by atoms with E-state index in [1.165, 1.54) is 12.1 Å². The van der Waals surface area contributed by atoms with Crippen molar-refractivity contribution >= 4 is 21.6 Å². The molecule has 9 nitrogen and oxygen atoms in total. The Morgan fingerprint density at radius 2 is 1.83 bits per heavy atom. The molecule has 0 saturated carbocycles. The second-order valence-electron chi connectivity index (χ2n) is 7.99. The van der Waals surface area contributed by atoms with Crippen molar-refractivity contribution in [2.75, 3.05) is 32.1 Å². The molecule has 3 N–H and O–H groups in total. The molecule has 0 fully saturated rings. The summed E-state index contributed by atoms with van der Waals surface area (Å²) in [5, 5.41) is 8.84. The summed E-state index contributed by atoms with van der Waals surface area (Å²) >= 11 is 0. The summed E-state index contributed by atoms with van der Waals surface area (Å²) in [5.41, 5.74) is 2.48. The molecular formula is C23H26F3N3O6S. The van der Waals surface area contributed by atoms with Gasteiger partial charge in [0.2, 0.25) is 5.90 Å². The number of carbonyl (C=O) groups is 1. The van der Waals surface area contributed by atoms with Crippen LogP contribution < -0.4 is 15.6 Å². The molecule has 0 unspecified atom stereocenters. The lowest BCUT2D eigenvalue weighted by Gasteiger charge is -2.23. The van der Waals surface area contributed by atoms with Gasteiger partial charge in [0.15, 0.2) is 15.4 Å². The number of benzene rings is 2.